The molecule has 0 aromatic heterocycles. The number of ether oxygens (including phenoxy) is 1. The van der Waals surface area contributed by atoms with Gasteiger partial charge in [-0.3, -0.25) is 0 Å². The van der Waals surface area contributed by atoms with Gasteiger partial charge in [0.25, 0.3) is 0 Å². The summed E-state index contributed by atoms with van der Waals surface area (Å²) in [6.07, 6.45) is 5.51. The van der Waals surface area contributed by atoms with Gasteiger partial charge in [0.05, 0.1) is 7.11 Å². The third kappa shape index (κ3) is 3.26. The minimum absolute atomic E-state index is 0.635. The molecule has 0 bridgehead atoms. The molecule has 0 unspecified atom stereocenters. The van der Waals surface area contributed by atoms with Crippen LogP contribution in [0.25, 0.3) is 0 Å². The Morgan fingerprint density at radius 1 is 1.33 bits per heavy atom. The Morgan fingerprint density at radius 3 is 2.67 bits per heavy atom. The molecule has 1 saturated carbocycles. The zero-order valence-corrected chi connectivity index (χ0v) is 11.9. The lowest BCUT2D eigenvalue weighted by atomic mass is 10.0. The van der Waals surface area contributed by atoms with Crippen LogP contribution < -0.4 is 10.1 Å². The molecule has 18 heavy (non-hydrogen) atoms. The van der Waals surface area contributed by atoms with Crippen molar-refractivity contribution in [1.82, 2.24) is 5.32 Å². The number of hydrogen-bond acceptors (Lipinski definition) is 2. The summed E-state index contributed by atoms with van der Waals surface area (Å²) in [5, 5.41) is 3.61. The first-order valence-corrected chi connectivity index (χ1v) is 7.03. The molecule has 100 valence electrons. The van der Waals surface area contributed by atoms with Crippen LogP contribution in [0.2, 0.25) is 0 Å². The van der Waals surface area contributed by atoms with Crippen molar-refractivity contribution in [2.45, 2.75) is 46.1 Å². The van der Waals surface area contributed by atoms with Gasteiger partial charge >= 0.3 is 0 Å². The van der Waals surface area contributed by atoms with Crippen LogP contribution in [0.1, 0.15) is 43.7 Å². The van der Waals surface area contributed by atoms with Crippen LogP contribution in [0.4, 0.5) is 0 Å². The maximum atomic E-state index is 5.28. The number of aryl methyl sites for hydroxylation is 1. The van der Waals surface area contributed by atoms with Crippen LogP contribution >= 0.6 is 0 Å². The van der Waals surface area contributed by atoms with E-state index in [2.05, 4.69) is 37.4 Å². The van der Waals surface area contributed by atoms with E-state index < -0.39 is 0 Å². The molecule has 0 aliphatic heterocycles. The van der Waals surface area contributed by atoms with Crippen molar-refractivity contribution < 1.29 is 4.74 Å². The standard InChI is InChI=1S/C16H25NO/c1-4-7-16(8-9-16)12-17-11-14-5-6-15(18-3)13(2)10-14/h5-6,10,17H,4,7-9,11-12H2,1-3H3. The average molecular weight is 247 g/mol. The maximum absolute atomic E-state index is 5.28. The van der Waals surface area contributed by atoms with Gasteiger partial charge in [0.15, 0.2) is 0 Å². The van der Waals surface area contributed by atoms with E-state index in [0.29, 0.717) is 5.41 Å². The van der Waals surface area contributed by atoms with Crippen molar-refractivity contribution in [3.05, 3.63) is 29.3 Å². The summed E-state index contributed by atoms with van der Waals surface area (Å²) >= 11 is 0. The Labute approximate surface area is 111 Å². The number of benzene rings is 1. The zero-order chi connectivity index (χ0) is 13.0. The Balaban J connectivity index is 1.82. The summed E-state index contributed by atoms with van der Waals surface area (Å²) in [5.74, 6) is 0.975. The minimum atomic E-state index is 0.635. The highest BCUT2D eigenvalue weighted by molar-refractivity contribution is 5.36. The molecule has 2 rings (SSSR count). The molecule has 0 saturated heterocycles. The fourth-order valence-electron chi connectivity index (χ4n) is 2.74. The van der Waals surface area contributed by atoms with Crippen molar-refractivity contribution in [3.8, 4) is 5.75 Å². The first kappa shape index (κ1) is 13.4. The summed E-state index contributed by atoms with van der Waals surface area (Å²) in [4.78, 5) is 0. The van der Waals surface area contributed by atoms with Crippen LogP contribution in [-0.4, -0.2) is 13.7 Å². The summed E-state index contributed by atoms with van der Waals surface area (Å²) < 4.78 is 5.28. The van der Waals surface area contributed by atoms with Gasteiger partial charge in [-0.25, -0.2) is 0 Å². The second-order valence-corrected chi connectivity index (χ2v) is 5.66. The van der Waals surface area contributed by atoms with Crippen LogP contribution in [0.5, 0.6) is 5.75 Å². The smallest absolute Gasteiger partial charge is 0.121 e. The van der Waals surface area contributed by atoms with E-state index >= 15 is 0 Å². The Kier molecular flexibility index (Phi) is 4.28. The normalized spacial score (nSPS) is 16.6. The molecular formula is C16H25NO. The second kappa shape index (κ2) is 5.75. The fourth-order valence-corrected chi connectivity index (χ4v) is 2.74. The van der Waals surface area contributed by atoms with Gasteiger partial charge in [-0.1, -0.05) is 25.5 Å². The second-order valence-electron chi connectivity index (χ2n) is 5.66. The summed E-state index contributed by atoms with van der Waals surface area (Å²) in [6.45, 7) is 6.52. The molecule has 1 aliphatic rings. The first-order chi connectivity index (χ1) is 8.69. The molecular weight excluding hydrogens is 222 g/mol. The lowest BCUT2D eigenvalue weighted by Crippen LogP contribution is -2.23. The highest BCUT2D eigenvalue weighted by atomic mass is 16.5. The minimum Gasteiger partial charge on any atom is -0.496 e. The van der Waals surface area contributed by atoms with Crippen LogP contribution in [0, 0.1) is 12.3 Å². The molecule has 1 aromatic rings. The maximum Gasteiger partial charge on any atom is 0.121 e. The van der Waals surface area contributed by atoms with Crippen molar-refractivity contribution in [2.75, 3.05) is 13.7 Å². The average Bonchev–Trinajstić information content (AvgIpc) is 3.10. The molecule has 0 radical (unpaired) electrons. The molecule has 2 nitrogen and oxygen atoms in total. The molecule has 0 atom stereocenters. The summed E-state index contributed by atoms with van der Waals surface area (Å²) in [6, 6.07) is 6.43. The van der Waals surface area contributed by atoms with Crippen molar-refractivity contribution in [1.29, 1.82) is 0 Å². The molecule has 0 amide bonds. The highest BCUT2D eigenvalue weighted by Gasteiger charge is 2.40. The summed E-state index contributed by atoms with van der Waals surface area (Å²) in [7, 11) is 1.72. The third-order valence-corrected chi connectivity index (χ3v) is 4.03. The largest absolute Gasteiger partial charge is 0.496 e. The van der Waals surface area contributed by atoms with E-state index in [1.54, 1.807) is 7.11 Å². The summed E-state index contributed by atoms with van der Waals surface area (Å²) in [5.41, 5.74) is 3.20. The van der Waals surface area contributed by atoms with Gasteiger partial charge in [0.2, 0.25) is 0 Å². The van der Waals surface area contributed by atoms with Crippen molar-refractivity contribution >= 4 is 0 Å². The predicted molar refractivity (Wildman–Crippen MR) is 76.0 cm³/mol. The lowest BCUT2D eigenvalue weighted by Gasteiger charge is -2.15. The molecule has 0 spiro atoms. The quantitative estimate of drug-likeness (QED) is 0.793. The van der Waals surface area contributed by atoms with Gasteiger partial charge < -0.3 is 10.1 Å². The van der Waals surface area contributed by atoms with E-state index in [-0.39, 0.29) is 0 Å². The number of nitrogens with one attached hydrogen (secondary N) is 1. The van der Waals surface area contributed by atoms with E-state index in [1.807, 2.05) is 0 Å². The van der Waals surface area contributed by atoms with Crippen LogP contribution in [0.3, 0.4) is 0 Å². The fraction of sp³-hybridized carbons (Fsp3) is 0.625. The van der Waals surface area contributed by atoms with Gasteiger partial charge in [-0.05, 0) is 48.8 Å². The van der Waals surface area contributed by atoms with Crippen molar-refractivity contribution in [2.24, 2.45) is 5.41 Å². The van der Waals surface area contributed by atoms with Crippen molar-refractivity contribution in [3.63, 3.8) is 0 Å². The highest BCUT2D eigenvalue weighted by Crippen LogP contribution is 2.48. The molecule has 0 heterocycles. The molecule has 1 aliphatic carbocycles. The zero-order valence-electron chi connectivity index (χ0n) is 11.9. The topological polar surface area (TPSA) is 21.3 Å². The Bertz CT molecular complexity index is 396. The number of hydrogen-bond donors (Lipinski definition) is 1. The Morgan fingerprint density at radius 2 is 2.11 bits per heavy atom. The van der Waals surface area contributed by atoms with Gasteiger partial charge in [0.1, 0.15) is 5.75 Å². The third-order valence-electron chi connectivity index (χ3n) is 4.03. The number of methoxy groups -OCH3 is 1. The predicted octanol–water partition coefficient (Wildman–Crippen LogP) is 3.67. The number of rotatable bonds is 7. The van der Waals surface area contributed by atoms with E-state index in [0.717, 1.165) is 12.3 Å². The van der Waals surface area contributed by atoms with E-state index in [1.165, 1.54) is 43.4 Å². The van der Waals surface area contributed by atoms with E-state index in [9.17, 15) is 0 Å². The SMILES string of the molecule is CCCC1(CNCc2ccc(OC)c(C)c2)CC1. The van der Waals surface area contributed by atoms with Gasteiger partial charge in [-0.2, -0.15) is 0 Å². The molecule has 1 fully saturated rings. The monoisotopic (exact) mass is 247 g/mol. The lowest BCUT2D eigenvalue weighted by molar-refractivity contribution is 0.410. The van der Waals surface area contributed by atoms with Gasteiger partial charge in [-0.15, -0.1) is 0 Å². The van der Waals surface area contributed by atoms with Crippen LogP contribution in [0.15, 0.2) is 18.2 Å². The van der Waals surface area contributed by atoms with E-state index in [4.69, 9.17) is 4.74 Å². The molecule has 1 aromatic carbocycles. The molecule has 1 N–H and O–H groups in total. The van der Waals surface area contributed by atoms with Gasteiger partial charge in [0, 0.05) is 13.1 Å². The first-order valence-electron chi connectivity index (χ1n) is 7.03. The van der Waals surface area contributed by atoms with Crippen LogP contribution in [-0.2, 0) is 6.54 Å². The Hall–Kier alpha value is -1.02. The molecule has 2 heteroatoms.